The van der Waals surface area contributed by atoms with Crippen LogP contribution in [0, 0.1) is 5.92 Å². The molecule has 21 heavy (non-hydrogen) atoms. The largest absolute Gasteiger partial charge is 0.394 e. The third-order valence-electron chi connectivity index (χ3n) is 4.98. The third-order valence-corrected chi connectivity index (χ3v) is 4.98. The van der Waals surface area contributed by atoms with Crippen LogP contribution in [0.2, 0.25) is 0 Å². The first kappa shape index (κ1) is 16.5. The van der Waals surface area contributed by atoms with Gasteiger partial charge in [0.2, 0.25) is 0 Å². The molecule has 0 spiro atoms. The first-order valence-corrected chi connectivity index (χ1v) is 8.22. The number of benzene rings is 1. The molecule has 1 fully saturated rings. The number of rotatable bonds is 7. The van der Waals surface area contributed by atoms with Gasteiger partial charge in [0.05, 0.1) is 24.9 Å². The lowest BCUT2D eigenvalue weighted by Gasteiger charge is -2.37. The Morgan fingerprint density at radius 3 is 2.57 bits per heavy atom. The SMILES string of the molecule is CCC1CCCCC1OCC(CO)(NC)c1ccccc1. The number of hydrogen-bond donors (Lipinski definition) is 2. The van der Waals surface area contributed by atoms with Crippen LogP contribution in [-0.2, 0) is 10.3 Å². The fraction of sp³-hybridized carbons (Fsp3) is 0.667. The van der Waals surface area contributed by atoms with E-state index >= 15 is 0 Å². The van der Waals surface area contributed by atoms with E-state index < -0.39 is 5.54 Å². The van der Waals surface area contributed by atoms with E-state index in [1.807, 2.05) is 37.4 Å². The van der Waals surface area contributed by atoms with E-state index in [4.69, 9.17) is 4.74 Å². The van der Waals surface area contributed by atoms with E-state index in [0.717, 1.165) is 12.0 Å². The van der Waals surface area contributed by atoms with E-state index in [9.17, 15) is 5.11 Å². The highest BCUT2D eigenvalue weighted by molar-refractivity contribution is 5.24. The zero-order chi connectivity index (χ0) is 15.1. The van der Waals surface area contributed by atoms with Gasteiger partial charge in [-0.1, -0.05) is 56.5 Å². The molecule has 0 saturated heterocycles. The van der Waals surface area contributed by atoms with Crippen molar-refractivity contribution in [1.82, 2.24) is 5.32 Å². The van der Waals surface area contributed by atoms with E-state index in [2.05, 4.69) is 12.2 Å². The second-order valence-electron chi connectivity index (χ2n) is 6.16. The summed E-state index contributed by atoms with van der Waals surface area (Å²) in [6.45, 7) is 2.81. The number of likely N-dealkylation sites (N-methyl/N-ethyl adjacent to an activating group) is 1. The Labute approximate surface area is 128 Å². The van der Waals surface area contributed by atoms with Crippen molar-refractivity contribution in [3.8, 4) is 0 Å². The van der Waals surface area contributed by atoms with Crippen molar-refractivity contribution in [2.75, 3.05) is 20.3 Å². The predicted octanol–water partition coefficient (Wildman–Crippen LogP) is 3.08. The Kier molecular flexibility index (Phi) is 6.22. The van der Waals surface area contributed by atoms with Gasteiger partial charge < -0.3 is 15.2 Å². The topological polar surface area (TPSA) is 41.5 Å². The molecule has 3 atom stereocenters. The van der Waals surface area contributed by atoms with Gasteiger partial charge in [0.1, 0.15) is 0 Å². The average molecular weight is 291 g/mol. The van der Waals surface area contributed by atoms with E-state index in [1.54, 1.807) is 0 Å². The summed E-state index contributed by atoms with van der Waals surface area (Å²) < 4.78 is 6.27. The summed E-state index contributed by atoms with van der Waals surface area (Å²) in [5, 5.41) is 13.2. The normalized spacial score (nSPS) is 25.5. The van der Waals surface area contributed by atoms with Gasteiger partial charge in [0, 0.05) is 0 Å². The predicted molar refractivity (Wildman–Crippen MR) is 86.3 cm³/mol. The van der Waals surface area contributed by atoms with Gasteiger partial charge in [-0.05, 0) is 31.4 Å². The second kappa shape index (κ2) is 7.92. The van der Waals surface area contributed by atoms with Crippen LogP contribution in [0.25, 0.3) is 0 Å². The minimum Gasteiger partial charge on any atom is -0.394 e. The van der Waals surface area contributed by atoms with Crippen LogP contribution in [0.1, 0.15) is 44.6 Å². The van der Waals surface area contributed by atoms with E-state index in [1.165, 1.54) is 25.7 Å². The van der Waals surface area contributed by atoms with Gasteiger partial charge in [-0.3, -0.25) is 0 Å². The Balaban J connectivity index is 2.06. The van der Waals surface area contributed by atoms with Crippen molar-refractivity contribution in [2.24, 2.45) is 5.92 Å². The highest BCUT2D eigenvalue weighted by Crippen LogP contribution is 2.31. The van der Waals surface area contributed by atoms with Crippen molar-refractivity contribution in [3.05, 3.63) is 35.9 Å². The zero-order valence-electron chi connectivity index (χ0n) is 13.3. The molecule has 2 rings (SSSR count). The lowest BCUT2D eigenvalue weighted by molar-refractivity contribution is -0.0513. The maximum Gasteiger partial charge on any atom is 0.0903 e. The molecule has 0 bridgehead atoms. The van der Waals surface area contributed by atoms with Crippen LogP contribution in [0.15, 0.2) is 30.3 Å². The Hall–Kier alpha value is -0.900. The molecule has 2 N–H and O–H groups in total. The average Bonchev–Trinajstić information content (AvgIpc) is 2.57. The highest BCUT2D eigenvalue weighted by Gasteiger charge is 2.33. The molecule has 3 nitrogen and oxygen atoms in total. The molecule has 3 heteroatoms. The van der Waals surface area contributed by atoms with Crippen molar-refractivity contribution >= 4 is 0 Å². The van der Waals surface area contributed by atoms with Gasteiger partial charge in [-0.15, -0.1) is 0 Å². The molecule has 0 radical (unpaired) electrons. The molecule has 3 unspecified atom stereocenters. The highest BCUT2D eigenvalue weighted by atomic mass is 16.5. The van der Waals surface area contributed by atoms with Crippen molar-refractivity contribution in [2.45, 2.75) is 50.7 Å². The molecule has 1 aromatic rings. The van der Waals surface area contributed by atoms with Crippen LogP contribution >= 0.6 is 0 Å². The molecule has 0 heterocycles. The van der Waals surface area contributed by atoms with Crippen molar-refractivity contribution in [3.63, 3.8) is 0 Å². The number of aliphatic hydroxyl groups is 1. The molecular formula is C18H29NO2. The van der Waals surface area contributed by atoms with Crippen LogP contribution in [0.5, 0.6) is 0 Å². The minimum absolute atomic E-state index is 0.0387. The molecule has 0 amide bonds. The number of hydrogen-bond acceptors (Lipinski definition) is 3. The van der Waals surface area contributed by atoms with Gasteiger partial charge >= 0.3 is 0 Å². The van der Waals surface area contributed by atoms with E-state index in [0.29, 0.717) is 18.6 Å². The maximum atomic E-state index is 9.94. The first-order chi connectivity index (χ1) is 10.3. The summed E-state index contributed by atoms with van der Waals surface area (Å²) in [4.78, 5) is 0. The lowest BCUT2D eigenvalue weighted by atomic mass is 9.84. The Morgan fingerprint density at radius 2 is 1.95 bits per heavy atom. The summed E-state index contributed by atoms with van der Waals surface area (Å²) in [5.41, 5.74) is 0.579. The minimum atomic E-state index is -0.503. The van der Waals surface area contributed by atoms with Crippen LogP contribution in [-0.4, -0.2) is 31.5 Å². The molecule has 118 valence electrons. The fourth-order valence-corrected chi connectivity index (χ4v) is 3.38. The summed E-state index contributed by atoms with van der Waals surface area (Å²) in [6.07, 6.45) is 6.54. The van der Waals surface area contributed by atoms with Crippen LogP contribution in [0.4, 0.5) is 0 Å². The molecule has 1 aliphatic rings. The second-order valence-corrected chi connectivity index (χ2v) is 6.16. The van der Waals surface area contributed by atoms with Crippen molar-refractivity contribution < 1.29 is 9.84 Å². The Morgan fingerprint density at radius 1 is 1.24 bits per heavy atom. The van der Waals surface area contributed by atoms with Crippen molar-refractivity contribution in [1.29, 1.82) is 0 Å². The summed E-state index contributed by atoms with van der Waals surface area (Å²) >= 11 is 0. The quantitative estimate of drug-likeness (QED) is 0.811. The van der Waals surface area contributed by atoms with Crippen LogP contribution in [0.3, 0.4) is 0 Å². The van der Waals surface area contributed by atoms with Gasteiger partial charge in [0.15, 0.2) is 0 Å². The Bertz CT molecular complexity index is 403. The number of aliphatic hydroxyl groups excluding tert-OH is 1. The lowest BCUT2D eigenvalue weighted by Crippen LogP contribution is -2.49. The fourth-order valence-electron chi connectivity index (χ4n) is 3.38. The van der Waals surface area contributed by atoms with E-state index in [-0.39, 0.29) is 6.61 Å². The summed E-state index contributed by atoms with van der Waals surface area (Å²) in [7, 11) is 1.89. The molecule has 0 aromatic heterocycles. The molecule has 1 aliphatic carbocycles. The van der Waals surface area contributed by atoms with Gasteiger partial charge in [0.25, 0.3) is 0 Å². The molecule has 1 aromatic carbocycles. The number of ether oxygens (including phenoxy) is 1. The zero-order valence-corrected chi connectivity index (χ0v) is 13.3. The molecule has 0 aliphatic heterocycles. The van der Waals surface area contributed by atoms with Gasteiger partial charge in [-0.2, -0.15) is 0 Å². The molecule has 1 saturated carbocycles. The summed E-state index contributed by atoms with van der Waals surface area (Å²) in [6, 6.07) is 10.1. The number of nitrogens with one attached hydrogen (secondary N) is 1. The monoisotopic (exact) mass is 291 g/mol. The molecular weight excluding hydrogens is 262 g/mol. The smallest absolute Gasteiger partial charge is 0.0903 e. The van der Waals surface area contributed by atoms with Gasteiger partial charge in [-0.25, -0.2) is 0 Å². The maximum absolute atomic E-state index is 9.94. The standard InChI is InChI=1S/C18H29NO2/c1-3-15-9-7-8-12-17(15)21-14-18(13-20,19-2)16-10-5-4-6-11-16/h4-6,10-11,15,17,19-20H,3,7-9,12-14H2,1-2H3. The van der Waals surface area contributed by atoms with Crippen LogP contribution < -0.4 is 5.32 Å². The summed E-state index contributed by atoms with van der Waals surface area (Å²) in [5.74, 6) is 0.669. The third kappa shape index (κ3) is 3.85. The first-order valence-electron chi connectivity index (χ1n) is 8.22.